The molecule has 3 aromatic heterocycles. The summed E-state index contributed by atoms with van der Waals surface area (Å²) >= 11 is 1.33. The van der Waals surface area contributed by atoms with Crippen molar-refractivity contribution in [3.8, 4) is 5.75 Å². The Labute approximate surface area is 146 Å². The molecule has 0 aliphatic rings. The molecule has 25 heavy (non-hydrogen) atoms. The molecule has 0 radical (unpaired) electrons. The molecule has 0 unspecified atom stereocenters. The van der Waals surface area contributed by atoms with Gasteiger partial charge in [0, 0.05) is 30.0 Å². The summed E-state index contributed by atoms with van der Waals surface area (Å²) in [6, 6.07) is 8.24. The third-order valence-electron chi connectivity index (χ3n) is 4.03. The van der Waals surface area contributed by atoms with Crippen LogP contribution in [0.4, 0.5) is 0 Å². The molecule has 0 N–H and O–H groups in total. The monoisotopic (exact) mass is 354 g/mol. The predicted octanol–water partition coefficient (Wildman–Crippen LogP) is 3.58. The second kappa shape index (κ2) is 5.56. The van der Waals surface area contributed by atoms with Gasteiger partial charge in [0.15, 0.2) is 0 Å². The Bertz CT molecular complexity index is 1160. The Morgan fingerprint density at radius 3 is 2.76 bits per heavy atom. The number of thiophene rings is 1. The van der Waals surface area contributed by atoms with Gasteiger partial charge < -0.3 is 9.15 Å². The minimum atomic E-state index is -0.449. The fraction of sp³-hybridized carbons (Fsp3) is 0.167. The van der Waals surface area contributed by atoms with Crippen molar-refractivity contribution in [1.82, 2.24) is 9.78 Å². The number of fused-ring (bicyclic) bond motifs is 2. The van der Waals surface area contributed by atoms with Crippen molar-refractivity contribution in [3.63, 3.8) is 0 Å². The molecule has 0 aliphatic carbocycles. The summed E-state index contributed by atoms with van der Waals surface area (Å²) in [5, 5.41) is 6.07. The number of rotatable bonds is 2. The quantitative estimate of drug-likeness (QED) is 0.312. The van der Waals surface area contributed by atoms with E-state index < -0.39 is 11.6 Å². The molecule has 0 amide bonds. The molecule has 0 bridgehead atoms. The summed E-state index contributed by atoms with van der Waals surface area (Å²) < 4.78 is 12.4. The Hall–Kier alpha value is -2.93. The summed E-state index contributed by atoms with van der Waals surface area (Å²) in [7, 11) is 1.84. The Kier molecular flexibility index (Phi) is 3.47. The highest BCUT2D eigenvalue weighted by Gasteiger charge is 2.17. The van der Waals surface area contributed by atoms with Crippen molar-refractivity contribution < 1.29 is 13.9 Å². The van der Waals surface area contributed by atoms with Gasteiger partial charge in [-0.15, -0.1) is 11.3 Å². The van der Waals surface area contributed by atoms with Crippen molar-refractivity contribution in [2.45, 2.75) is 13.8 Å². The molecule has 0 atom stereocenters. The van der Waals surface area contributed by atoms with Crippen LogP contribution < -0.4 is 10.4 Å². The minimum absolute atomic E-state index is 0.332. The van der Waals surface area contributed by atoms with Crippen LogP contribution in [-0.2, 0) is 7.05 Å². The maximum absolute atomic E-state index is 12.4. The molecule has 126 valence electrons. The van der Waals surface area contributed by atoms with E-state index in [1.165, 1.54) is 17.4 Å². The molecular formula is C18H14N2O4S. The Morgan fingerprint density at radius 2 is 2.00 bits per heavy atom. The maximum atomic E-state index is 12.4. The number of benzene rings is 1. The third kappa shape index (κ3) is 2.62. The lowest BCUT2D eigenvalue weighted by Gasteiger charge is -2.05. The SMILES string of the molecule is Cc1cc(=O)oc2cc(OC(=O)c3cc4c(C)nn(C)c4s3)ccc12. The van der Waals surface area contributed by atoms with Crippen LogP contribution >= 0.6 is 11.3 Å². The molecule has 1 aromatic carbocycles. The lowest BCUT2D eigenvalue weighted by Crippen LogP contribution is -2.06. The fourth-order valence-electron chi connectivity index (χ4n) is 2.83. The molecule has 0 spiro atoms. The molecule has 0 saturated carbocycles. The largest absolute Gasteiger partial charge is 0.423 e. The van der Waals surface area contributed by atoms with E-state index in [1.807, 2.05) is 20.9 Å². The summed E-state index contributed by atoms with van der Waals surface area (Å²) in [5.74, 6) is -0.117. The molecule has 7 heteroatoms. The number of carbonyl (C=O) groups excluding carboxylic acids is 1. The smallest absolute Gasteiger partial charge is 0.353 e. The van der Waals surface area contributed by atoms with Gasteiger partial charge in [0.05, 0.1) is 5.69 Å². The maximum Gasteiger partial charge on any atom is 0.353 e. The van der Waals surface area contributed by atoms with Gasteiger partial charge in [-0.3, -0.25) is 4.68 Å². The van der Waals surface area contributed by atoms with Crippen molar-refractivity contribution in [2.75, 3.05) is 0 Å². The lowest BCUT2D eigenvalue weighted by atomic mass is 10.1. The molecule has 6 nitrogen and oxygen atoms in total. The third-order valence-corrected chi connectivity index (χ3v) is 5.21. The van der Waals surface area contributed by atoms with E-state index >= 15 is 0 Å². The number of esters is 1. The molecule has 3 heterocycles. The predicted molar refractivity (Wildman–Crippen MR) is 95.5 cm³/mol. The second-order valence-corrected chi connectivity index (χ2v) is 6.87. The van der Waals surface area contributed by atoms with Gasteiger partial charge in [0.25, 0.3) is 0 Å². The zero-order valence-electron chi connectivity index (χ0n) is 13.8. The van der Waals surface area contributed by atoms with Gasteiger partial charge in [-0.05, 0) is 37.6 Å². The molecule has 0 aliphatic heterocycles. The van der Waals surface area contributed by atoms with Crippen LogP contribution in [-0.4, -0.2) is 15.7 Å². The summed E-state index contributed by atoms with van der Waals surface area (Å²) in [6.07, 6.45) is 0. The van der Waals surface area contributed by atoms with Crippen molar-refractivity contribution in [3.05, 3.63) is 56.9 Å². The minimum Gasteiger partial charge on any atom is -0.423 e. The van der Waals surface area contributed by atoms with Crippen LogP contribution in [0.1, 0.15) is 20.9 Å². The molecule has 4 aromatic rings. The van der Waals surface area contributed by atoms with Gasteiger partial charge in [0.1, 0.15) is 21.0 Å². The first-order chi connectivity index (χ1) is 11.9. The van der Waals surface area contributed by atoms with Crippen LogP contribution in [0, 0.1) is 13.8 Å². The molecular weight excluding hydrogens is 340 g/mol. The number of hydrogen-bond acceptors (Lipinski definition) is 6. The number of hydrogen-bond donors (Lipinski definition) is 0. The highest BCUT2D eigenvalue weighted by atomic mass is 32.1. The number of aromatic nitrogens is 2. The first-order valence-electron chi connectivity index (χ1n) is 7.62. The van der Waals surface area contributed by atoms with E-state index in [1.54, 1.807) is 28.9 Å². The van der Waals surface area contributed by atoms with Crippen LogP contribution in [0.2, 0.25) is 0 Å². The van der Waals surface area contributed by atoms with Crippen LogP contribution in [0.5, 0.6) is 5.75 Å². The second-order valence-electron chi connectivity index (χ2n) is 5.83. The number of ether oxygens (including phenoxy) is 1. The number of aryl methyl sites for hydroxylation is 3. The number of nitrogens with zero attached hydrogens (tertiary/aromatic N) is 2. The van der Waals surface area contributed by atoms with Gasteiger partial charge >= 0.3 is 11.6 Å². The highest BCUT2D eigenvalue weighted by Crippen LogP contribution is 2.29. The van der Waals surface area contributed by atoms with Crippen molar-refractivity contribution >= 4 is 38.5 Å². The van der Waals surface area contributed by atoms with Gasteiger partial charge in [-0.1, -0.05) is 0 Å². The van der Waals surface area contributed by atoms with E-state index in [-0.39, 0.29) is 0 Å². The van der Waals surface area contributed by atoms with E-state index in [0.29, 0.717) is 16.2 Å². The first kappa shape index (κ1) is 15.6. The topological polar surface area (TPSA) is 74.3 Å². The fourth-order valence-corrected chi connectivity index (χ4v) is 3.83. The summed E-state index contributed by atoms with van der Waals surface area (Å²) in [6.45, 7) is 3.73. The van der Waals surface area contributed by atoms with Gasteiger partial charge in [-0.2, -0.15) is 5.10 Å². The molecule has 0 fully saturated rings. The zero-order chi connectivity index (χ0) is 17.7. The van der Waals surface area contributed by atoms with Gasteiger partial charge in [-0.25, -0.2) is 9.59 Å². The zero-order valence-corrected chi connectivity index (χ0v) is 14.6. The van der Waals surface area contributed by atoms with Crippen LogP contribution in [0.25, 0.3) is 21.2 Å². The van der Waals surface area contributed by atoms with Gasteiger partial charge in [0.2, 0.25) is 0 Å². The van der Waals surface area contributed by atoms with Crippen molar-refractivity contribution in [1.29, 1.82) is 0 Å². The Balaban J connectivity index is 1.68. The molecule has 0 saturated heterocycles. The molecule has 4 rings (SSSR count). The normalized spacial score (nSPS) is 11.3. The Morgan fingerprint density at radius 1 is 1.20 bits per heavy atom. The lowest BCUT2D eigenvalue weighted by molar-refractivity contribution is 0.0740. The van der Waals surface area contributed by atoms with Crippen LogP contribution in [0.15, 0.2) is 39.5 Å². The van der Waals surface area contributed by atoms with Crippen molar-refractivity contribution in [2.24, 2.45) is 7.05 Å². The highest BCUT2D eigenvalue weighted by molar-refractivity contribution is 7.20. The standard InChI is InChI=1S/C18H14N2O4S/c1-9-6-16(21)24-14-7-11(4-5-12(9)14)23-18(22)15-8-13-10(2)19-20(3)17(13)25-15/h4-8H,1-3H3. The van der Waals surface area contributed by atoms with Crippen LogP contribution in [0.3, 0.4) is 0 Å². The summed E-state index contributed by atoms with van der Waals surface area (Å²) in [4.78, 5) is 25.4. The number of carbonyl (C=O) groups is 1. The average Bonchev–Trinajstić information content (AvgIpc) is 3.09. The van der Waals surface area contributed by atoms with E-state index in [4.69, 9.17) is 9.15 Å². The van der Waals surface area contributed by atoms with E-state index in [9.17, 15) is 9.59 Å². The van der Waals surface area contributed by atoms with E-state index in [2.05, 4.69) is 5.10 Å². The van der Waals surface area contributed by atoms with E-state index in [0.717, 1.165) is 26.9 Å². The first-order valence-corrected chi connectivity index (χ1v) is 8.44. The summed E-state index contributed by atoms with van der Waals surface area (Å²) in [5.41, 5.74) is 1.65. The average molecular weight is 354 g/mol.